The maximum absolute atomic E-state index is 11.8. The Morgan fingerprint density at radius 2 is 2.06 bits per heavy atom. The zero-order valence-corrected chi connectivity index (χ0v) is 11.1. The molecule has 1 fully saturated rings. The second-order valence-electron chi connectivity index (χ2n) is 4.50. The molecular formula is C11H20N2O2S. The Kier molecular flexibility index (Phi) is 4.65. The lowest BCUT2D eigenvalue weighted by Crippen LogP contribution is -2.61. The van der Waals surface area contributed by atoms with Gasteiger partial charge in [-0.1, -0.05) is 20.8 Å². The van der Waals surface area contributed by atoms with Gasteiger partial charge in [-0.25, -0.2) is 0 Å². The summed E-state index contributed by atoms with van der Waals surface area (Å²) in [5.41, 5.74) is 0. The molecule has 1 N–H and O–H groups in total. The largest absolute Gasteiger partial charge is 0.345 e. The number of rotatable bonds is 4. The number of nitrogens with one attached hydrogen (secondary N) is 1. The van der Waals surface area contributed by atoms with Gasteiger partial charge in [-0.15, -0.1) is 0 Å². The molecule has 1 aliphatic heterocycles. The second kappa shape index (κ2) is 5.57. The first kappa shape index (κ1) is 13.4. The van der Waals surface area contributed by atoms with Crippen LogP contribution in [-0.2, 0) is 9.59 Å². The van der Waals surface area contributed by atoms with Gasteiger partial charge in [-0.2, -0.15) is 11.8 Å². The fourth-order valence-electron chi connectivity index (χ4n) is 1.90. The van der Waals surface area contributed by atoms with E-state index >= 15 is 0 Å². The number of thioether (sulfide) groups is 1. The van der Waals surface area contributed by atoms with E-state index in [9.17, 15) is 9.59 Å². The lowest BCUT2D eigenvalue weighted by molar-refractivity contribution is -0.147. The fraction of sp³-hybridized carbons (Fsp3) is 0.818. The van der Waals surface area contributed by atoms with Crippen LogP contribution >= 0.6 is 11.8 Å². The molecule has 92 valence electrons. The van der Waals surface area contributed by atoms with E-state index in [1.54, 1.807) is 16.7 Å². The van der Waals surface area contributed by atoms with Crippen molar-refractivity contribution in [1.29, 1.82) is 0 Å². The Morgan fingerprint density at radius 3 is 2.56 bits per heavy atom. The van der Waals surface area contributed by atoms with Crippen LogP contribution in [-0.4, -0.2) is 47.4 Å². The average Bonchev–Trinajstić information content (AvgIpc) is 2.22. The maximum Gasteiger partial charge on any atom is 0.243 e. The molecule has 0 aliphatic carbocycles. The third-order valence-electron chi connectivity index (χ3n) is 2.83. The first-order valence-electron chi connectivity index (χ1n) is 5.57. The molecule has 2 unspecified atom stereocenters. The number of piperazine rings is 1. The highest BCUT2D eigenvalue weighted by Gasteiger charge is 2.36. The quantitative estimate of drug-likeness (QED) is 0.793. The van der Waals surface area contributed by atoms with E-state index in [1.165, 1.54) is 0 Å². The highest BCUT2D eigenvalue weighted by molar-refractivity contribution is 7.99. The summed E-state index contributed by atoms with van der Waals surface area (Å²) in [4.78, 5) is 25.3. The predicted octanol–water partition coefficient (Wildman–Crippen LogP) is 0.721. The second-order valence-corrected chi connectivity index (χ2v) is 5.78. The molecule has 0 saturated carbocycles. The third-order valence-corrected chi connectivity index (χ3v) is 3.78. The molecule has 1 rings (SSSR count). The Balaban J connectivity index is 2.80. The molecule has 2 amide bonds. The van der Waals surface area contributed by atoms with Crippen molar-refractivity contribution in [2.24, 2.45) is 5.92 Å². The van der Waals surface area contributed by atoms with Crippen LogP contribution in [0.15, 0.2) is 0 Å². The molecule has 1 heterocycles. The van der Waals surface area contributed by atoms with Gasteiger partial charge < -0.3 is 10.2 Å². The number of carbonyl (C=O) groups is 2. The molecule has 0 aromatic carbocycles. The summed E-state index contributed by atoms with van der Waals surface area (Å²) in [5.74, 6) is 0.153. The van der Waals surface area contributed by atoms with Crippen LogP contribution in [0.25, 0.3) is 0 Å². The number of hydrogen-bond donors (Lipinski definition) is 1. The van der Waals surface area contributed by atoms with Gasteiger partial charge in [-0.3, -0.25) is 9.59 Å². The van der Waals surface area contributed by atoms with Crippen molar-refractivity contribution in [3.8, 4) is 0 Å². The summed E-state index contributed by atoms with van der Waals surface area (Å²) in [5, 5.41) is 3.01. The highest BCUT2D eigenvalue weighted by Crippen LogP contribution is 2.18. The van der Waals surface area contributed by atoms with E-state index in [0.29, 0.717) is 11.8 Å². The van der Waals surface area contributed by atoms with Crippen LogP contribution in [0.5, 0.6) is 0 Å². The Hall–Kier alpha value is -0.710. The van der Waals surface area contributed by atoms with Gasteiger partial charge in [0.25, 0.3) is 0 Å². The molecule has 4 nitrogen and oxygen atoms in total. The Bertz CT molecular complexity index is 281. The summed E-state index contributed by atoms with van der Waals surface area (Å²) < 4.78 is 0. The summed E-state index contributed by atoms with van der Waals surface area (Å²) in [6, 6.07) is -0.309. The SMILES string of the molecule is CSC(C)CN1C(=O)CNC(=O)C1C(C)C. The van der Waals surface area contributed by atoms with Gasteiger partial charge in [0.15, 0.2) is 0 Å². The first-order chi connectivity index (χ1) is 7.47. The fourth-order valence-corrected chi connectivity index (χ4v) is 2.20. The van der Waals surface area contributed by atoms with Crippen LogP contribution in [0.1, 0.15) is 20.8 Å². The number of hydrogen-bond acceptors (Lipinski definition) is 3. The Labute approximate surface area is 101 Å². The van der Waals surface area contributed by atoms with Crippen LogP contribution < -0.4 is 5.32 Å². The molecule has 0 radical (unpaired) electrons. The van der Waals surface area contributed by atoms with Gasteiger partial charge >= 0.3 is 0 Å². The van der Waals surface area contributed by atoms with Crippen LogP contribution in [0.4, 0.5) is 0 Å². The van der Waals surface area contributed by atoms with Crippen LogP contribution in [0, 0.1) is 5.92 Å². The third kappa shape index (κ3) is 2.90. The zero-order chi connectivity index (χ0) is 12.3. The highest BCUT2D eigenvalue weighted by atomic mass is 32.2. The van der Waals surface area contributed by atoms with Gasteiger partial charge in [0.05, 0.1) is 6.54 Å². The molecule has 16 heavy (non-hydrogen) atoms. The van der Waals surface area contributed by atoms with E-state index < -0.39 is 0 Å². The van der Waals surface area contributed by atoms with Crippen LogP contribution in [0.3, 0.4) is 0 Å². The van der Waals surface area contributed by atoms with E-state index in [4.69, 9.17) is 0 Å². The van der Waals surface area contributed by atoms with E-state index in [-0.39, 0.29) is 30.3 Å². The summed E-state index contributed by atoms with van der Waals surface area (Å²) in [7, 11) is 0. The molecule has 1 aliphatic rings. The van der Waals surface area contributed by atoms with Crippen molar-refractivity contribution in [2.45, 2.75) is 32.1 Å². The van der Waals surface area contributed by atoms with Crippen molar-refractivity contribution in [1.82, 2.24) is 10.2 Å². The topological polar surface area (TPSA) is 49.4 Å². The van der Waals surface area contributed by atoms with Crippen LogP contribution in [0.2, 0.25) is 0 Å². The normalized spacial score (nSPS) is 23.6. The number of carbonyl (C=O) groups excluding carboxylic acids is 2. The minimum absolute atomic E-state index is 0.0251. The molecule has 1 saturated heterocycles. The minimum Gasteiger partial charge on any atom is -0.345 e. The lowest BCUT2D eigenvalue weighted by Gasteiger charge is -2.38. The predicted molar refractivity (Wildman–Crippen MR) is 66.3 cm³/mol. The number of amides is 2. The molecular weight excluding hydrogens is 224 g/mol. The molecule has 0 bridgehead atoms. The molecule has 0 aromatic rings. The van der Waals surface area contributed by atoms with E-state index in [1.807, 2.05) is 20.1 Å². The lowest BCUT2D eigenvalue weighted by atomic mass is 9.99. The molecule has 2 atom stereocenters. The Morgan fingerprint density at radius 1 is 1.44 bits per heavy atom. The van der Waals surface area contributed by atoms with Crippen molar-refractivity contribution in [2.75, 3.05) is 19.3 Å². The monoisotopic (exact) mass is 244 g/mol. The molecule has 5 heteroatoms. The average molecular weight is 244 g/mol. The summed E-state index contributed by atoms with van der Waals surface area (Å²) in [6.07, 6.45) is 2.02. The van der Waals surface area contributed by atoms with Gasteiger partial charge in [0.2, 0.25) is 11.8 Å². The zero-order valence-electron chi connectivity index (χ0n) is 10.3. The smallest absolute Gasteiger partial charge is 0.243 e. The van der Waals surface area contributed by atoms with E-state index in [0.717, 1.165) is 0 Å². The van der Waals surface area contributed by atoms with Crippen molar-refractivity contribution < 1.29 is 9.59 Å². The maximum atomic E-state index is 11.8. The van der Waals surface area contributed by atoms with Gasteiger partial charge in [-0.05, 0) is 12.2 Å². The standard InChI is InChI=1S/C11H20N2O2S/c1-7(2)10-11(15)12-5-9(14)13(10)6-8(3)16-4/h7-8,10H,5-6H2,1-4H3,(H,12,15). The molecule has 0 aromatic heterocycles. The van der Waals surface area contributed by atoms with Gasteiger partial charge in [0, 0.05) is 11.8 Å². The van der Waals surface area contributed by atoms with E-state index in [2.05, 4.69) is 12.2 Å². The van der Waals surface area contributed by atoms with Crippen molar-refractivity contribution in [3.05, 3.63) is 0 Å². The number of nitrogens with zero attached hydrogens (tertiary/aromatic N) is 1. The van der Waals surface area contributed by atoms with Crippen molar-refractivity contribution in [3.63, 3.8) is 0 Å². The first-order valence-corrected chi connectivity index (χ1v) is 6.86. The summed E-state index contributed by atoms with van der Waals surface area (Å²) >= 11 is 1.71. The summed E-state index contributed by atoms with van der Waals surface area (Å²) in [6.45, 7) is 6.81. The van der Waals surface area contributed by atoms with Crippen molar-refractivity contribution >= 4 is 23.6 Å². The van der Waals surface area contributed by atoms with Gasteiger partial charge in [0.1, 0.15) is 6.04 Å². The minimum atomic E-state index is -0.309. The molecule has 0 spiro atoms.